The Hall–Kier alpha value is -3.52. The van der Waals surface area contributed by atoms with Gasteiger partial charge in [-0.25, -0.2) is 9.78 Å². The van der Waals surface area contributed by atoms with Gasteiger partial charge in [0.25, 0.3) is 5.91 Å². The van der Waals surface area contributed by atoms with Crippen molar-refractivity contribution in [1.29, 1.82) is 0 Å². The van der Waals surface area contributed by atoms with E-state index in [4.69, 9.17) is 0 Å². The zero-order chi connectivity index (χ0) is 23.3. The number of hydrogen-bond donors (Lipinski definition) is 2. The van der Waals surface area contributed by atoms with E-state index in [0.717, 1.165) is 53.0 Å². The minimum absolute atomic E-state index is 0.345. The highest BCUT2D eigenvalue weighted by Crippen LogP contribution is 2.40. The van der Waals surface area contributed by atoms with Crippen LogP contribution in [0.2, 0.25) is 0 Å². The van der Waals surface area contributed by atoms with Gasteiger partial charge in [-0.05, 0) is 66.8 Å². The molecule has 2 aromatic carbocycles. The topological polar surface area (TPSA) is 91.4 Å². The molecule has 34 heavy (non-hydrogen) atoms. The van der Waals surface area contributed by atoms with Crippen LogP contribution in [-0.2, 0) is 34.4 Å². The summed E-state index contributed by atoms with van der Waals surface area (Å²) in [6.07, 6.45) is 5.61. The number of aromatic nitrogens is 1. The summed E-state index contributed by atoms with van der Waals surface area (Å²) in [7, 11) is 0. The summed E-state index contributed by atoms with van der Waals surface area (Å²) in [6, 6.07) is 13.6. The molecular formula is C26H24N4O3S. The zero-order valence-corrected chi connectivity index (χ0v) is 19.4. The third-order valence-electron chi connectivity index (χ3n) is 7.10. The lowest BCUT2D eigenvalue weighted by Gasteiger charge is -2.33. The summed E-state index contributed by atoms with van der Waals surface area (Å²) < 4.78 is 0. The number of hydrogen-bond acceptors (Lipinski definition) is 5. The van der Waals surface area contributed by atoms with Gasteiger partial charge in [0.15, 0.2) is 5.13 Å². The molecule has 1 spiro atoms. The van der Waals surface area contributed by atoms with Crippen LogP contribution in [0.1, 0.15) is 41.5 Å². The normalized spacial score (nSPS) is 20.9. The number of fused-ring (bicyclic) bond motifs is 3. The standard InChI is InChI=1S/C26H24N4O3S/c31-22(28-24-27-21(15-34-24)19-11-10-16-6-3-7-18(16)13-19)14-30-23(32)26(29-25(30)33)12-4-8-17-5-1-2-9-20(17)26/h1-2,5,9-11,13,15H,3-4,6-8,12,14H2,(H,29,33)(H,27,28,31). The van der Waals surface area contributed by atoms with Crippen molar-refractivity contribution in [3.05, 3.63) is 70.1 Å². The Morgan fingerprint density at radius 1 is 1.06 bits per heavy atom. The van der Waals surface area contributed by atoms with E-state index >= 15 is 0 Å². The molecule has 1 aliphatic heterocycles. The molecule has 1 unspecified atom stereocenters. The predicted octanol–water partition coefficient (Wildman–Crippen LogP) is 4.02. The van der Waals surface area contributed by atoms with Crippen molar-refractivity contribution in [3.63, 3.8) is 0 Å². The number of anilines is 1. The molecule has 2 N–H and O–H groups in total. The molecule has 8 heteroatoms. The van der Waals surface area contributed by atoms with Gasteiger partial charge < -0.3 is 10.6 Å². The van der Waals surface area contributed by atoms with E-state index in [1.165, 1.54) is 28.9 Å². The van der Waals surface area contributed by atoms with E-state index in [2.05, 4.69) is 33.8 Å². The first-order chi connectivity index (χ1) is 16.5. The fourth-order valence-corrected chi connectivity index (χ4v) is 6.19. The Kier molecular flexibility index (Phi) is 4.99. The van der Waals surface area contributed by atoms with Crippen LogP contribution in [0.4, 0.5) is 9.93 Å². The minimum atomic E-state index is -1.08. The Balaban J connectivity index is 1.16. The van der Waals surface area contributed by atoms with E-state index in [-0.39, 0.29) is 12.5 Å². The number of amides is 4. The van der Waals surface area contributed by atoms with E-state index in [1.807, 2.05) is 29.6 Å². The molecule has 3 aromatic rings. The van der Waals surface area contributed by atoms with Gasteiger partial charge in [0.2, 0.25) is 5.91 Å². The lowest BCUT2D eigenvalue weighted by molar-refractivity contribution is -0.134. The maximum atomic E-state index is 13.4. The van der Waals surface area contributed by atoms with Gasteiger partial charge in [0.1, 0.15) is 12.1 Å². The van der Waals surface area contributed by atoms with E-state index in [1.54, 1.807) is 0 Å². The van der Waals surface area contributed by atoms with E-state index in [9.17, 15) is 14.4 Å². The van der Waals surface area contributed by atoms with E-state index in [0.29, 0.717) is 11.6 Å². The molecule has 2 heterocycles. The summed E-state index contributed by atoms with van der Waals surface area (Å²) in [5.41, 5.74) is 5.44. The highest BCUT2D eigenvalue weighted by Gasteiger charge is 2.54. The first kappa shape index (κ1) is 21.0. The molecule has 172 valence electrons. The lowest BCUT2D eigenvalue weighted by Crippen LogP contribution is -2.47. The second kappa shape index (κ2) is 8.06. The van der Waals surface area contributed by atoms with Gasteiger partial charge in [-0.15, -0.1) is 11.3 Å². The minimum Gasteiger partial charge on any atom is -0.319 e. The number of nitrogens with one attached hydrogen (secondary N) is 2. The predicted molar refractivity (Wildman–Crippen MR) is 130 cm³/mol. The van der Waals surface area contributed by atoms with E-state index < -0.39 is 17.5 Å². The number of thiazole rings is 1. The van der Waals surface area contributed by atoms with Crippen LogP contribution in [0.15, 0.2) is 47.8 Å². The summed E-state index contributed by atoms with van der Waals surface area (Å²) in [5, 5.41) is 8.00. The lowest BCUT2D eigenvalue weighted by atomic mass is 9.76. The molecule has 6 rings (SSSR count). The average Bonchev–Trinajstić information content (AvgIpc) is 3.55. The van der Waals surface area contributed by atoms with Crippen molar-refractivity contribution in [1.82, 2.24) is 15.2 Å². The van der Waals surface area contributed by atoms with Crippen LogP contribution < -0.4 is 10.6 Å². The third-order valence-corrected chi connectivity index (χ3v) is 7.85. The van der Waals surface area contributed by atoms with Crippen molar-refractivity contribution in [2.45, 2.75) is 44.1 Å². The number of urea groups is 1. The molecule has 1 saturated heterocycles. The van der Waals surface area contributed by atoms with Gasteiger partial charge >= 0.3 is 6.03 Å². The Morgan fingerprint density at radius 2 is 1.88 bits per heavy atom. The zero-order valence-electron chi connectivity index (χ0n) is 18.6. The van der Waals surface area contributed by atoms with Crippen molar-refractivity contribution in [3.8, 4) is 11.3 Å². The number of aryl methyl sites for hydroxylation is 3. The molecule has 4 amide bonds. The Labute approximate surface area is 201 Å². The molecule has 2 aliphatic carbocycles. The summed E-state index contributed by atoms with van der Waals surface area (Å²) in [6.45, 7) is -0.345. The second-order valence-corrected chi connectivity index (χ2v) is 10.0. The largest absolute Gasteiger partial charge is 0.325 e. The maximum Gasteiger partial charge on any atom is 0.325 e. The van der Waals surface area contributed by atoms with Gasteiger partial charge in [-0.1, -0.05) is 36.4 Å². The third kappa shape index (κ3) is 3.40. The van der Waals surface area contributed by atoms with Crippen LogP contribution in [0.3, 0.4) is 0 Å². The first-order valence-electron chi connectivity index (χ1n) is 11.6. The van der Waals surface area contributed by atoms with Gasteiger partial charge in [0.05, 0.1) is 5.69 Å². The highest BCUT2D eigenvalue weighted by molar-refractivity contribution is 7.14. The van der Waals surface area contributed by atoms with Crippen molar-refractivity contribution < 1.29 is 14.4 Å². The summed E-state index contributed by atoms with van der Waals surface area (Å²) in [5.74, 6) is -0.808. The van der Waals surface area contributed by atoms with Crippen LogP contribution in [0.25, 0.3) is 11.3 Å². The summed E-state index contributed by atoms with van der Waals surface area (Å²) >= 11 is 1.33. The van der Waals surface area contributed by atoms with Crippen molar-refractivity contribution in [2.24, 2.45) is 0 Å². The summed E-state index contributed by atoms with van der Waals surface area (Å²) in [4.78, 5) is 44.4. The average molecular weight is 473 g/mol. The quantitative estimate of drug-likeness (QED) is 0.561. The number of nitrogens with zero attached hydrogens (tertiary/aromatic N) is 2. The van der Waals surface area contributed by atoms with Gasteiger partial charge in [0, 0.05) is 10.9 Å². The number of imide groups is 1. The van der Waals surface area contributed by atoms with Crippen molar-refractivity contribution >= 4 is 34.3 Å². The molecule has 1 atom stereocenters. The number of rotatable bonds is 4. The second-order valence-electron chi connectivity index (χ2n) is 9.16. The fraction of sp³-hybridized carbons (Fsp3) is 0.308. The molecule has 1 aromatic heterocycles. The first-order valence-corrected chi connectivity index (χ1v) is 12.5. The molecule has 7 nitrogen and oxygen atoms in total. The smallest absolute Gasteiger partial charge is 0.319 e. The van der Waals surface area contributed by atoms with Gasteiger partial charge in [-0.2, -0.15) is 0 Å². The molecular weight excluding hydrogens is 448 g/mol. The van der Waals surface area contributed by atoms with Crippen molar-refractivity contribution in [2.75, 3.05) is 11.9 Å². The fourth-order valence-electron chi connectivity index (χ4n) is 5.45. The van der Waals surface area contributed by atoms with Crippen LogP contribution in [0.5, 0.6) is 0 Å². The SMILES string of the molecule is O=C(CN1C(=O)NC2(CCCc3ccccc32)C1=O)Nc1nc(-c2ccc3c(c2)CCC3)cs1. The Bertz CT molecular complexity index is 1330. The highest BCUT2D eigenvalue weighted by atomic mass is 32.1. The number of benzene rings is 2. The molecule has 1 fully saturated rings. The molecule has 0 saturated carbocycles. The van der Waals surface area contributed by atoms with Gasteiger partial charge in [-0.3, -0.25) is 14.5 Å². The van der Waals surface area contributed by atoms with Crippen LogP contribution in [-0.4, -0.2) is 34.3 Å². The monoisotopic (exact) mass is 472 g/mol. The Morgan fingerprint density at radius 3 is 2.79 bits per heavy atom. The number of carbonyl (C=O) groups excluding carboxylic acids is 3. The molecule has 0 bridgehead atoms. The number of carbonyl (C=O) groups is 3. The molecule has 3 aliphatic rings. The van der Waals surface area contributed by atoms with Crippen LogP contribution in [0, 0.1) is 0 Å². The molecule has 0 radical (unpaired) electrons. The van der Waals surface area contributed by atoms with Crippen LogP contribution >= 0.6 is 11.3 Å². The maximum absolute atomic E-state index is 13.4.